The fourth-order valence-electron chi connectivity index (χ4n) is 3.65. The highest BCUT2D eigenvalue weighted by Gasteiger charge is 2.19. The van der Waals surface area contributed by atoms with Gasteiger partial charge in [-0.15, -0.1) is 11.8 Å². The van der Waals surface area contributed by atoms with Crippen LogP contribution in [0.5, 0.6) is 0 Å². The Morgan fingerprint density at radius 1 is 0.483 bits per heavy atom. The molecule has 2 aromatic rings. The van der Waals surface area contributed by atoms with Gasteiger partial charge in [0.1, 0.15) is 0 Å². The molecule has 2 N–H and O–H groups in total. The Hall–Kier alpha value is -9.42. The Kier molecular flexibility index (Phi) is 25.8. The number of carbonyl (C=O) groups is 2. The lowest BCUT2D eigenvalue weighted by atomic mass is 10.1. The summed E-state index contributed by atoms with van der Waals surface area (Å²) in [6, 6.07) is 11.4. The lowest BCUT2D eigenvalue weighted by Gasteiger charge is -1.98. The second-order valence-electron chi connectivity index (χ2n) is 9.77. The molecule has 2 aliphatic heterocycles. The SMILES string of the molecule is C.C=C=C=C=C=C=C=C=C=C=C=C=C=C=C=C=C=C=C=C=C=C=C=C=C=C=C=C=C=C=C=C=C=C.CS(=O)c1ccc2c(c1)C(=O)NC2.CSc1ccc2c(c1)C(=O)NC2. The fraction of sp³-hybridized carbons (Fsp3) is 0.0943. The quantitative estimate of drug-likeness (QED) is 0.236. The number of rotatable bonds is 2. The zero-order valence-electron chi connectivity index (χ0n) is 31.3. The third-order valence-electron chi connectivity index (χ3n) is 6.09. The van der Waals surface area contributed by atoms with E-state index in [0.29, 0.717) is 23.5 Å². The molecule has 1 atom stereocenters. The van der Waals surface area contributed by atoms with Crippen molar-refractivity contribution >= 4 is 34.4 Å². The van der Waals surface area contributed by atoms with E-state index in [4.69, 9.17) is 0 Å². The lowest BCUT2D eigenvalue weighted by molar-refractivity contribution is 0.0957. The van der Waals surface area contributed by atoms with Crippen LogP contribution in [0.3, 0.4) is 0 Å². The van der Waals surface area contributed by atoms with Crippen molar-refractivity contribution < 1.29 is 13.8 Å². The molecule has 278 valence electrons. The number of hydrogen-bond donors (Lipinski definition) is 2. The number of benzene rings is 2. The van der Waals surface area contributed by atoms with E-state index >= 15 is 0 Å². The van der Waals surface area contributed by atoms with Gasteiger partial charge >= 0.3 is 0 Å². The molecule has 0 fully saturated rings. The minimum absolute atomic E-state index is 0. The van der Waals surface area contributed by atoms with Gasteiger partial charge in [0.15, 0.2) is 0 Å². The van der Waals surface area contributed by atoms with Crippen LogP contribution in [0.4, 0.5) is 0 Å². The van der Waals surface area contributed by atoms with Crippen LogP contribution in [0.2, 0.25) is 0 Å². The van der Waals surface area contributed by atoms with Gasteiger partial charge in [0.05, 0.1) is 0 Å². The van der Waals surface area contributed by atoms with Gasteiger partial charge in [-0.3, -0.25) is 13.8 Å². The second kappa shape index (κ2) is 31.9. The number of thioether (sulfide) groups is 1. The molecule has 0 aliphatic carbocycles. The summed E-state index contributed by atoms with van der Waals surface area (Å²) in [6.45, 7) is 7.89. The fourth-order valence-corrected chi connectivity index (χ4v) is 4.64. The third-order valence-corrected chi connectivity index (χ3v) is 7.73. The lowest BCUT2D eigenvalue weighted by Crippen LogP contribution is -2.12. The van der Waals surface area contributed by atoms with Gasteiger partial charge in [0.2, 0.25) is 0 Å². The molecule has 0 saturated carbocycles. The average Bonchev–Trinajstić information content (AvgIpc) is 3.82. The first-order valence-electron chi connectivity index (χ1n) is 16.1. The van der Waals surface area contributed by atoms with Gasteiger partial charge in [0, 0.05) is 131 Å². The van der Waals surface area contributed by atoms with E-state index in [0.717, 1.165) is 21.6 Å². The van der Waals surface area contributed by atoms with Crippen LogP contribution >= 0.6 is 11.8 Å². The second-order valence-corrected chi connectivity index (χ2v) is 12.0. The van der Waals surface area contributed by atoms with Crippen molar-refractivity contribution in [2.45, 2.75) is 30.3 Å². The standard InChI is InChI=1S/C34H4.C9H9NO2S.C9H9NOS.CH4/c1-3-5-7-9-11-13-15-17-19-21-23-25-27-29-31-33-34-32-30-28-26-24-22-20-18-16-14-12-10-8-6-4-2;1-13(12)7-3-2-6-5-10-9(11)8(6)4-7;1-12-7-3-2-6-5-10-9(11)8(6)4-7;/h1-2H2;2-4H,5H2,1H3,(H,10,11);2-4H,5H2,1H3,(H,10,11);1H4. The first-order chi connectivity index (χ1) is 28.9. The predicted molar refractivity (Wildman–Crippen MR) is 230 cm³/mol. The highest BCUT2D eigenvalue weighted by Crippen LogP contribution is 2.22. The normalized spacial score (nSPS) is 8.63. The summed E-state index contributed by atoms with van der Waals surface area (Å²) in [6.07, 6.45) is 3.61. The number of carbonyl (C=O) groups excluding carboxylic acids is 2. The van der Waals surface area contributed by atoms with Crippen molar-refractivity contribution in [3.05, 3.63) is 255 Å². The predicted octanol–water partition coefficient (Wildman–Crippen LogP) is 8.72. The number of fused-ring (bicyclic) bond motifs is 2. The van der Waals surface area contributed by atoms with E-state index in [9.17, 15) is 13.8 Å². The largest absolute Gasteiger partial charge is 0.348 e. The maximum absolute atomic E-state index is 11.2. The zero-order chi connectivity index (χ0) is 42.6. The average molecular weight is 803 g/mol. The van der Waals surface area contributed by atoms with Gasteiger partial charge in [-0.2, -0.15) is 0 Å². The van der Waals surface area contributed by atoms with E-state index in [2.05, 4.69) is 207 Å². The van der Waals surface area contributed by atoms with Crippen LogP contribution in [-0.2, 0) is 23.9 Å². The molecule has 0 spiro atoms. The zero-order valence-corrected chi connectivity index (χ0v) is 33.0. The Bertz CT molecular complexity index is 3250. The molecule has 1 unspecified atom stereocenters. The minimum Gasteiger partial charge on any atom is -0.348 e. The van der Waals surface area contributed by atoms with Crippen molar-refractivity contribution in [2.75, 3.05) is 12.5 Å². The van der Waals surface area contributed by atoms with Crippen LogP contribution in [0.25, 0.3) is 0 Å². The molecule has 0 aromatic heterocycles. The number of amides is 2. The Morgan fingerprint density at radius 2 is 0.767 bits per heavy atom. The molecule has 2 aromatic carbocycles. The molecule has 0 saturated heterocycles. The van der Waals surface area contributed by atoms with Crippen LogP contribution in [0.15, 0.2) is 243 Å². The number of hydrogen-bond acceptors (Lipinski definition) is 4. The minimum atomic E-state index is -1.02. The Balaban J connectivity index is 0.000000551. The van der Waals surface area contributed by atoms with Crippen LogP contribution < -0.4 is 10.6 Å². The van der Waals surface area contributed by atoms with E-state index in [1.54, 1.807) is 30.2 Å². The molecule has 2 heterocycles. The highest BCUT2D eigenvalue weighted by atomic mass is 32.2. The van der Waals surface area contributed by atoms with Gasteiger partial charge in [-0.25, -0.2) is 0 Å². The Labute approximate surface area is 355 Å². The summed E-state index contributed by atoms with van der Waals surface area (Å²) in [5.41, 5.74) is 83.0. The van der Waals surface area contributed by atoms with Crippen LogP contribution in [0, 0.1) is 0 Å². The summed E-state index contributed by atoms with van der Waals surface area (Å²) >= 11 is 1.66. The molecular formula is C53H26N2O3S2. The monoisotopic (exact) mass is 802 g/mol. The van der Waals surface area contributed by atoms with E-state index in [1.165, 1.54) is 0 Å². The topological polar surface area (TPSA) is 75.3 Å². The maximum atomic E-state index is 11.2. The van der Waals surface area contributed by atoms with E-state index in [-0.39, 0.29) is 19.2 Å². The molecule has 60 heavy (non-hydrogen) atoms. The van der Waals surface area contributed by atoms with Crippen LogP contribution in [-0.4, -0.2) is 28.5 Å². The highest BCUT2D eigenvalue weighted by molar-refractivity contribution is 7.98. The number of nitrogens with one attached hydrogen (secondary N) is 2. The summed E-state index contributed by atoms with van der Waals surface area (Å²) < 4.78 is 11.1. The molecule has 4 rings (SSSR count). The van der Waals surface area contributed by atoms with E-state index < -0.39 is 10.8 Å². The first kappa shape index (κ1) is 48.6. The third kappa shape index (κ3) is 21.5. The van der Waals surface area contributed by atoms with Gasteiger partial charge in [-0.1, -0.05) is 31.0 Å². The molecule has 0 bridgehead atoms. The summed E-state index contributed by atoms with van der Waals surface area (Å²) in [4.78, 5) is 24.3. The molecule has 2 amide bonds. The van der Waals surface area contributed by atoms with Crippen molar-refractivity contribution in [2.24, 2.45) is 0 Å². The smallest absolute Gasteiger partial charge is 0.251 e. The first-order valence-corrected chi connectivity index (χ1v) is 18.9. The van der Waals surface area contributed by atoms with Gasteiger partial charge in [-0.05, 0) is 147 Å². The molecule has 2 aliphatic rings. The van der Waals surface area contributed by atoms with Crippen molar-refractivity contribution in [3.8, 4) is 0 Å². The molecule has 5 nitrogen and oxygen atoms in total. The maximum Gasteiger partial charge on any atom is 0.251 e. The Morgan fingerprint density at radius 3 is 1.05 bits per heavy atom. The molecule has 7 heteroatoms. The van der Waals surface area contributed by atoms with E-state index in [1.807, 2.05) is 30.5 Å². The van der Waals surface area contributed by atoms with Gasteiger partial charge in [0.25, 0.3) is 11.8 Å². The van der Waals surface area contributed by atoms with Crippen molar-refractivity contribution in [3.63, 3.8) is 0 Å². The summed E-state index contributed by atoms with van der Waals surface area (Å²) in [7, 11) is -1.02. The molecular weight excluding hydrogens is 777 g/mol. The molecule has 0 radical (unpaired) electrons. The van der Waals surface area contributed by atoms with Crippen molar-refractivity contribution in [1.29, 1.82) is 0 Å². The van der Waals surface area contributed by atoms with Crippen LogP contribution in [0.1, 0.15) is 39.3 Å². The summed E-state index contributed by atoms with van der Waals surface area (Å²) in [5, 5.41) is 5.50. The van der Waals surface area contributed by atoms with Crippen molar-refractivity contribution in [1.82, 2.24) is 10.6 Å². The summed E-state index contributed by atoms with van der Waals surface area (Å²) in [5.74, 6) is -0.0109. The van der Waals surface area contributed by atoms with Gasteiger partial charge < -0.3 is 10.6 Å².